The quantitative estimate of drug-likeness (QED) is 0.858. The Morgan fingerprint density at radius 2 is 1.90 bits per heavy atom. The summed E-state index contributed by atoms with van der Waals surface area (Å²) in [6.07, 6.45) is 6.91. The van der Waals surface area contributed by atoms with Crippen LogP contribution in [0.1, 0.15) is 51.0 Å². The van der Waals surface area contributed by atoms with Gasteiger partial charge >= 0.3 is 0 Å². The maximum Gasteiger partial charge on any atom is 0.140 e. The van der Waals surface area contributed by atoms with Crippen LogP contribution in [-0.2, 0) is 11.2 Å². The second-order valence-corrected chi connectivity index (χ2v) is 6.43. The molecule has 1 fully saturated rings. The van der Waals surface area contributed by atoms with E-state index in [-0.39, 0.29) is 5.41 Å². The van der Waals surface area contributed by atoms with Crippen molar-refractivity contribution in [3.05, 3.63) is 35.9 Å². The van der Waals surface area contributed by atoms with Crippen LogP contribution in [0.3, 0.4) is 0 Å². The molecule has 2 N–H and O–H groups in total. The summed E-state index contributed by atoms with van der Waals surface area (Å²) in [5, 5.41) is 0. The van der Waals surface area contributed by atoms with Gasteiger partial charge in [0.15, 0.2) is 0 Å². The first-order valence-electron chi connectivity index (χ1n) is 7.93. The van der Waals surface area contributed by atoms with Gasteiger partial charge in [-0.1, -0.05) is 37.3 Å². The summed E-state index contributed by atoms with van der Waals surface area (Å²) in [7, 11) is 0. The van der Waals surface area contributed by atoms with Crippen LogP contribution in [0.5, 0.6) is 0 Å². The van der Waals surface area contributed by atoms with Crippen LogP contribution in [0.25, 0.3) is 0 Å². The zero-order chi connectivity index (χ0) is 14.4. The Kier molecular flexibility index (Phi) is 5.36. The number of carbonyl (C=O) groups is 1. The summed E-state index contributed by atoms with van der Waals surface area (Å²) in [6, 6.07) is 10.4. The second kappa shape index (κ2) is 7.03. The average molecular weight is 273 g/mol. The molecule has 2 heteroatoms. The molecule has 0 atom stereocenters. The smallest absolute Gasteiger partial charge is 0.140 e. The lowest BCUT2D eigenvalue weighted by Gasteiger charge is -2.37. The van der Waals surface area contributed by atoms with Gasteiger partial charge in [-0.2, -0.15) is 0 Å². The number of carbonyl (C=O) groups excluding carboxylic acids is 1. The molecule has 0 aromatic heterocycles. The van der Waals surface area contributed by atoms with E-state index in [0.717, 1.165) is 44.4 Å². The molecule has 0 saturated heterocycles. The Morgan fingerprint density at radius 1 is 1.25 bits per heavy atom. The predicted molar refractivity (Wildman–Crippen MR) is 83.5 cm³/mol. The van der Waals surface area contributed by atoms with E-state index in [1.54, 1.807) is 0 Å². The molecule has 1 aromatic carbocycles. The molecule has 1 aromatic rings. The van der Waals surface area contributed by atoms with Gasteiger partial charge in [0.25, 0.3) is 0 Å². The van der Waals surface area contributed by atoms with E-state index >= 15 is 0 Å². The van der Waals surface area contributed by atoms with Crippen LogP contribution in [0.4, 0.5) is 0 Å². The van der Waals surface area contributed by atoms with Gasteiger partial charge in [0.05, 0.1) is 0 Å². The summed E-state index contributed by atoms with van der Waals surface area (Å²) in [4.78, 5) is 12.6. The van der Waals surface area contributed by atoms with Crippen LogP contribution in [0, 0.1) is 11.3 Å². The number of hydrogen-bond donors (Lipinski definition) is 1. The molecule has 0 amide bonds. The Bertz CT molecular complexity index is 418. The highest BCUT2D eigenvalue weighted by atomic mass is 16.1. The van der Waals surface area contributed by atoms with Crippen LogP contribution < -0.4 is 5.73 Å². The molecule has 1 aliphatic carbocycles. The first-order valence-corrected chi connectivity index (χ1v) is 7.93. The number of nitrogens with two attached hydrogens (primary N) is 1. The Morgan fingerprint density at radius 3 is 2.50 bits per heavy atom. The monoisotopic (exact) mass is 273 g/mol. The topological polar surface area (TPSA) is 43.1 Å². The van der Waals surface area contributed by atoms with Crippen molar-refractivity contribution in [3.63, 3.8) is 0 Å². The molecule has 110 valence electrons. The number of aryl methyl sites for hydroxylation is 1. The Labute approximate surface area is 122 Å². The van der Waals surface area contributed by atoms with Crippen LogP contribution >= 0.6 is 0 Å². The molecule has 1 saturated carbocycles. The average Bonchev–Trinajstić information content (AvgIpc) is 2.49. The van der Waals surface area contributed by atoms with Crippen molar-refractivity contribution >= 4 is 5.78 Å². The summed E-state index contributed by atoms with van der Waals surface area (Å²) in [5.74, 6) is 1.16. The molecule has 0 bridgehead atoms. The van der Waals surface area contributed by atoms with Crippen molar-refractivity contribution in [2.45, 2.75) is 51.9 Å². The maximum absolute atomic E-state index is 12.6. The van der Waals surface area contributed by atoms with E-state index in [1.807, 2.05) is 6.07 Å². The SMILES string of the molecule is CC1CCC(CN)(C(=O)CCCc2ccccc2)CC1. The van der Waals surface area contributed by atoms with E-state index in [2.05, 4.69) is 31.2 Å². The molecule has 0 spiro atoms. The normalized spacial score (nSPS) is 26.4. The van der Waals surface area contributed by atoms with Crippen molar-refractivity contribution in [2.24, 2.45) is 17.1 Å². The summed E-state index contributed by atoms with van der Waals surface area (Å²) >= 11 is 0. The fourth-order valence-electron chi connectivity index (χ4n) is 3.27. The first-order chi connectivity index (χ1) is 9.66. The van der Waals surface area contributed by atoms with Crippen molar-refractivity contribution in [2.75, 3.05) is 6.54 Å². The summed E-state index contributed by atoms with van der Waals surface area (Å²) in [6.45, 7) is 2.81. The number of Topliss-reactive ketones (excluding diaryl/α,β-unsaturated/α-hetero) is 1. The summed E-state index contributed by atoms with van der Waals surface area (Å²) in [5.41, 5.74) is 7.06. The second-order valence-electron chi connectivity index (χ2n) is 6.43. The Balaban J connectivity index is 1.84. The minimum Gasteiger partial charge on any atom is -0.329 e. The third-order valence-corrected chi connectivity index (χ3v) is 4.93. The van der Waals surface area contributed by atoms with E-state index < -0.39 is 0 Å². The Hall–Kier alpha value is -1.15. The van der Waals surface area contributed by atoms with Crippen molar-refractivity contribution in [3.8, 4) is 0 Å². The van der Waals surface area contributed by atoms with Gasteiger partial charge in [-0.15, -0.1) is 0 Å². The van der Waals surface area contributed by atoms with Gasteiger partial charge in [-0.3, -0.25) is 4.79 Å². The highest BCUT2D eigenvalue weighted by molar-refractivity contribution is 5.85. The van der Waals surface area contributed by atoms with E-state index in [9.17, 15) is 4.79 Å². The third-order valence-electron chi connectivity index (χ3n) is 4.93. The number of benzene rings is 1. The van der Waals surface area contributed by atoms with E-state index in [0.29, 0.717) is 18.7 Å². The lowest BCUT2D eigenvalue weighted by molar-refractivity contribution is -0.130. The van der Waals surface area contributed by atoms with Crippen molar-refractivity contribution < 1.29 is 4.79 Å². The molecular weight excluding hydrogens is 246 g/mol. The minimum absolute atomic E-state index is 0.205. The fraction of sp³-hybridized carbons (Fsp3) is 0.611. The van der Waals surface area contributed by atoms with Gasteiger partial charge in [0, 0.05) is 18.4 Å². The molecule has 0 unspecified atom stereocenters. The molecule has 0 radical (unpaired) electrons. The highest BCUT2D eigenvalue weighted by Gasteiger charge is 2.38. The third kappa shape index (κ3) is 3.69. The van der Waals surface area contributed by atoms with Gasteiger partial charge in [0.2, 0.25) is 0 Å². The zero-order valence-corrected chi connectivity index (χ0v) is 12.6. The van der Waals surface area contributed by atoms with Gasteiger partial charge in [-0.05, 0) is 50.0 Å². The standard InChI is InChI=1S/C18H27NO/c1-15-10-12-18(14-19,13-11-15)17(20)9-5-8-16-6-3-2-4-7-16/h2-4,6-7,15H,5,8-14,19H2,1H3. The van der Waals surface area contributed by atoms with Crippen molar-refractivity contribution in [1.29, 1.82) is 0 Å². The van der Waals surface area contributed by atoms with Gasteiger partial charge in [-0.25, -0.2) is 0 Å². The van der Waals surface area contributed by atoms with Crippen LogP contribution in [0.15, 0.2) is 30.3 Å². The van der Waals surface area contributed by atoms with Gasteiger partial charge in [0.1, 0.15) is 5.78 Å². The molecule has 2 nitrogen and oxygen atoms in total. The first kappa shape index (κ1) is 15.2. The fourth-order valence-corrected chi connectivity index (χ4v) is 3.27. The van der Waals surface area contributed by atoms with E-state index in [1.165, 1.54) is 5.56 Å². The van der Waals surface area contributed by atoms with E-state index in [4.69, 9.17) is 5.73 Å². The lowest BCUT2D eigenvalue weighted by atomic mass is 9.67. The van der Waals surface area contributed by atoms with Crippen LogP contribution in [0.2, 0.25) is 0 Å². The highest BCUT2D eigenvalue weighted by Crippen LogP contribution is 2.39. The number of rotatable bonds is 6. The predicted octanol–water partition coefficient (Wildman–Crippen LogP) is 3.73. The molecular formula is C18H27NO. The summed E-state index contributed by atoms with van der Waals surface area (Å²) < 4.78 is 0. The van der Waals surface area contributed by atoms with Crippen molar-refractivity contribution in [1.82, 2.24) is 0 Å². The molecule has 2 rings (SSSR count). The molecule has 1 aliphatic rings. The lowest BCUT2D eigenvalue weighted by Crippen LogP contribution is -2.41. The minimum atomic E-state index is -0.205. The molecule has 0 aliphatic heterocycles. The van der Waals surface area contributed by atoms with Gasteiger partial charge < -0.3 is 5.73 Å². The molecule has 0 heterocycles. The zero-order valence-electron chi connectivity index (χ0n) is 12.6. The number of ketones is 1. The number of hydrogen-bond acceptors (Lipinski definition) is 2. The largest absolute Gasteiger partial charge is 0.329 e. The van der Waals surface area contributed by atoms with Crippen LogP contribution in [-0.4, -0.2) is 12.3 Å². The maximum atomic E-state index is 12.6. The molecule has 20 heavy (non-hydrogen) atoms.